The van der Waals surface area contributed by atoms with Crippen LogP contribution in [-0.2, 0) is 14.3 Å². The van der Waals surface area contributed by atoms with E-state index in [0.717, 1.165) is 6.42 Å². The summed E-state index contributed by atoms with van der Waals surface area (Å²) >= 11 is 0. The minimum absolute atomic E-state index is 0.146. The minimum Gasteiger partial charge on any atom is -0.462 e. The molecule has 0 unspecified atom stereocenters. The molecular formula is C29H28N2O5. The van der Waals surface area contributed by atoms with Crippen LogP contribution in [0.1, 0.15) is 41.0 Å². The molecule has 3 fully saturated rings. The summed E-state index contributed by atoms with van der Waals surface area (Å²) in [6, 6.07) is 13.1. The van der Waals surface area contributed by atoms with Gasteiger partial charge in [0.1, 0.15) is 0 Å². The van der Waals surface area contributed by atoms with Crippen LogP contribution < -0.4 is 10.2 Å². The number of hydrogen-bond acceptors (Lipinski definition) is 5. The predicted octanol–water partition coefficient (Wildman–Crippen LogP) is 4.31. The summed E-state index contributed by atoms with van der Waals surface area (Å²) in [6.07, 6.45) is 5.41. The molecule has 2 saturated carbocycles. The molecule has 3 amide bonds. The number of esters is 1. The zero-order chi connectivity index (χ0) is 25.1. The Morgan fingerprint density at radius 3 is 2.19 bits per heavy atom. The summed E-state index contributed by atoms with van der Waals surface area (Å²) in [4.78, 5) is 53.1. The lowest BCUT2D eigenvalue weighted by atomic mass is 9.63. The van der Waals surface area contributed by atoms with Gasteiger partial charge >= 0.3 is 5.97 Å². The van der Waals surface area contributed by atoms with Gasteiger partial charge in [-0.1, -0.05) is 32.1 Å². The van der Waals surface area contributed by atoms with E-state index in [9.17, 15) is 19.2 Å². The Morgan fingerprint density at radius 2 is 1.58 bits per heavy atom. The van der Waals surface area contributed by atoms with Crippen molar-refractivity contribution in [3.63, 3.8) is 0 Å². The first-order chi connectivity index (χ1) is 17.3. The maximum atomic E-state index is 13.4. The Bertz CT molecular complexity index is 1260. The Morgan fingerprint density at radius 1 is 0.944 bits per heavy atom. The van der Waals surface area contributed by atoms with E-state index in [4.69, 9.17) is 4.74 Å². The molecular weight excluding hydrogens is 456 g/mol. The Balaban J connectivity index is 1.16. The number of benzene rings is 2. The highest BCUT2D eigenvalue weighted by Gasteiger charge is 2.67. The van der Waals surface area contributed by atoms with Crippen LogP contribution in [0.4, 0.5) is 11.4 Å². The highest BCUT2D eigenvalue weighted by molar-refractivity contribution is 6.23. The number of hydrogen-bond donors (Lipinski definition) is 1. The summed E-state index contributed by atoms with van der Waals surface area (Å²) in [5.41, 5.74) is 1.70. The van der Waals surface area contributed by atoms with Gasteiger partial charge in [-0.15, -0.1) is 0 Å². The highest BCUT2D eigenvalue weighted by Crippen LogP contribution is 2.65. The van der Waals surface area contributed by atoms with Gasteiger partial charge in [0.15, 0.2) is 0 Å². The number of nitrogens with zero attached hydrogens (tertiary/aromatic N) is 1. The van der Waals surface area contributed by atoms with Crippen molar-refractivity contribution in [2.45, 2.75) is 20.3 Å². The van der Waals surface area contributed by atoms with Crippen LogP contribution in [0.3, 0.4) is 0 Å². The molecule has 6 atom stereocenters. The molecule has 0 radical (unpaired) electrons. The SMILES string of the molecule is CC(C)COC(=O)c1ccc(NC(=O)c2cccc(N3C(=O)[C@@H]4[C@H]5C=C[C@@H]([C@@H]6C[C@@H]56)[C@@H]4C3=O)c2)cc1. The van der Waals surface area contributed by atoms with Crippen molar-refractivity contribution in [1.82, 2.24) is 0 Å². The maximum Gasteiger partial charge on any atom is 0.338 e. The van der Waals surface area contributed by atoms with Gasteiger partial charge < -0.3 is 10.1 Å². The van der Waals surface area contributed by atoms with E-state index in [1.165, 1.54) is 4.90 Å². The van der Waals surface area contributed by atoms with E-state index in [1.807, 2.05) is 13.8 Å². The van der Waals surface area contributed by atoms with Crippen LogP contribution in [0.15, 0.2) is 60.7 Å². The molecule has 2 bridgehead atoms. The smallest absolute Gasteiger partial charge is 0.338 e. The van der Waals surface area contributed by atoms with Crippen molar-refractivity contribution in [3.05, 3.63) is 71.8 Å². The summed E-state index contributed by atoms with van der Waals surface area (Å²) in [5, 5.41) is 2.81. The highest BCUT2D eigenvalue weighted by atomic mass is 16.5. The van der Waals surface area contributed by atoms with E-state index in [0.29, 0.717) is 40.9 Å². The second kappa shape index (κ2) is 8.43. The lowest BCUT2D eigenvalue weighted by Gasteiger charge is -2.37. The fourth-order valence-electron chi connectivity index (χ4n) is 6.22. The lowest BCUT2D eigenvalue weighted by molar-refractivity contribution is -0.124. The standard InChI is InChI=1S/C29H28N2O5/c1-15(2)14-36-29(35)16-6-8-18(9-7-16)30-26(32)17-4-3-5-19(12-17)31-27(33)24-20-10-11-21(23-13-22(20)23)25(24)28(31)34/h3-12,15,20-25H,13-14H2,1-2H3,(H,30,32)/t20-,21-,22-,23-,24-,25+/m0/s1. The Hall–Kier alpha value is -3.74. The number of carbonyl (C=O) groups excluding carboxylic acids is 4. The predicted molar refractivity (Wildman–Crippen MR) is 133 cm³/mol. The Kier molecular flexibility index (Phi) is 5.32. The number of allylic oxidation sites excluding steroid dienone is 2. The first-order valence-corrected chi connectivity index (χ1v) is 12.6. The first kappa shape index (κ1) is 22.7. The normalized spacial score (nSPS) is 29.2. The fraction of sp³-hybridized carbons (Fsp3) is 0.379. The van der Waals surface area contributed by atoms with Gasteiger partial charge in [-0.25, -0.2) is 9.69 Å². The van der Waals surface area contributed by atoms with Gasteiger partial charge in [-0.3, -0.25) is 14.4 Å². The van der Waals surface area contributed by atoms with Crippen molar-refractivity contribution < 1.29 is 23.9 Å². The summed E-state index contributed by atoms with van der Waals surface area (Å²) in [5.74, 6) is 0.0144. The summed E-state index contributed by atoms with van der Waals surface area (Å²) in [6.45, 7) is 4.27. The molecule has 0 aromatic heterocycles. The molecule has 36 heavy (non-hydrogen) atoms. The monoisotopic (exact) mass is 484 g/mol. The number of rotatable bonds is 6. The number of nitrogens with one attached hydrogen (secondary N) is 1. The zero-order valence-electron chi connectivity index (χ0n) is 20.2. The molecule has 184 valence electrons. The third kappa shape index (κ3) is 3.65. The molecule has 2 aromatic carbocycles. The van der Waals surface area contributed by atoms with Crippen molar-refractivity contribution in [2.24, 2.45) is 41.4 Å². The van der Waals surface area contributed by atoms with E-state index in [-0.39, 0.29) is 47.3 Å². The third-order valence-corrected chi connectivity index (χ3v) is 7.96. The van der Waals surface area contributed by atoms with Gasteiger partial charge in [0.05, 0.1) is 29.7 Å². The molecule has 1 saturated heterocycles. The van der Waals surface area contributed by atoms with Crippen molar-refractivity contribution in [3.8, 4) is 0 Å². The van der Waals surface area contributed by atoms with E-state index in [2.05, 4.69) is 17.5 Å². The molecule has 7 nitrogen and oxygen atoms in total. The topological polar surface area (TPSA) is 92.8 Å². The van der Waals surface area contributed by atoms with Gasteiger partial charge in [0.2, 0.25) is 11.8 Å². The molecule has 5 aliphatic rings. The third-order valence-electron chi connectivity index (χ3n) is 7.96. The molecule has 1 N–H and O–H groups in total. The quantitative estimate of drug-likeness (QED) is 0.375. The second-order valence-corrected chi connectivity index (χ2v) is 10.7. The number of amides is 3. The van der Waals surface area contributed by atoms with Crippen LogP contribution in [0.5, 0.6) is 0 Å². The van der Waals surface area contributed by atoms with Crippen LogP contribution in [0, 0.1) is 41.4 Å². The van der Waals surface area contributed by atoms with Gasteiger partial charge in [0, 0.05) is 11.3 Å². The van der Waals surface area contributed by atoms with Gasteiger partial charge in [-0.2, -0.15) is 0 Å². The molecule has 4 aliphatic carbocycles. The minimum atomic E-state index is -0.407. The molecule has 7 heteroatoms. The van der Waals surface area contributed by atoms with Crippen LogP contribution in [0.2, 0.25) is 0 Å². The molecule has 7 rings (SSSR count). The molecule has 0 spiro atoms. The lowest BCUT2D eigenvalue weighted by Crippen LogP contribution is -2.40. The summed E-state index contributed by atoms with van der Waals surface area (Å²) < 4.78 is 5.23. The van der Waals surface area contributed by atoms with Crippen molar-refractivity contribution >= 4 is 35.1 Å². The van der Waals surface area contributed by atoms with Crippen LogP contribution in [-0.4, -0.2) is 30.3 Å². The van der Waals surface area contributed by atoms with E-state index < -0.39 is 5.97 Å². The molecule has 1 heterocycles. The van der Waals surface area contributed by atoms with Gasteiger partial charge in [-0.05, 0) is 78.5 Å². The zero-order valence-corrected chi connectivity index (χ0v) is 20.2. The Labute approximate surface area is 209 Å². The second-order valence-electron chi connectivity index (χ2n) is 10.7. The number of carbonyl (C=O) groups is 4. The van der Waals surface area contributed by atoms with Crippen molar-refractivity contribution in [2.75, 3.05) is 16.8 Å². The van der Waals surface area contributed by atoms with Crippen LogP contribution in [0.25, 0.3) is 0 Å². The van der Waals surface area contributed by atoms with Crippen molar-refractivity contribution in [1.29, 1.82) is 0 Å². The van der Waals surface area contributed by atoms with Crippen LogP contribution >= 0.6 is 0 Å². The average Bonchev–Trinajstić information content (AvgIpc) is 3.66. The number of anilines is 2. The maximum absolute atomic E-state index is 13.4. The van der Waals surface area contributed by atoms with Gasteiger partial charge in [0.25, 0.3) is 5.91 Å². The fourth-order valence-corrected chi connectivity index (χ4v) is 6.22. The molecule has 2 aromatic rings. The average molecular weight is 485 g/mol. The van der Waals surface area contributed by atoms with E-state index in [1.54, 1.807) is 48.5 Å². The number of imide groups is 1. The summed E-state index contributed by atoms with van der Waals surface area (Å²) in [7, 11) is 0. The van der Waals surface area contributed by atoms with E-state index >= 15 is 0 Å². The largest absolute Gasteiger partial charge is 0.462 e. The number of ether oxygens (including phenoxy) is 1. The first-order valence-electron chi connectivity index (χ1n) is 12.6. The molecule has 1 aliphatic heterocycles.